The summed E-state index contributed by atoms with van der Waals surface area (Å²) in [5.74, 6) is 0. The van der Waals surface area contributed by atoms with Crippen molar-refractivity contribution in [3.63, 3.8) is 0 Å². The Kier molecular flexibility index (Phi) is 6.99. The van der Waals surface area contributed by atoms with Crippen LogP contribution in [0.1, 0.15) is 37.8 Å². The average Bonchev–Trinajstić information content (AvgIpc) is 2.71. The molecule has 0 heterocycles. The summed E-state index contributed by atoms with van der Waals surface area (Å²) >= 11 is 5.93. The van der Waals surface area contributed by atoms with Crippen LogP contribution in [0.25, 0.3) is 11.1 Å². The summed E-state index contributed by atoms with van der Waals surface area (Å²) in [5, 5.41) is 0.671. The normalized spacial score (nSPS) is 11.4. The topological polar surface area (TPSA) is 46.2 Å². The number of nitrogens with one attached hydrogen (secondary N) is 1. The van der Waals surface area contributed by atoms with Gasteiger partial charge in [-0.15, -0.1) is 0 Å². The second kappa shape index (κ2) is 9.47. The third kappa shape index (κ3) is 5.40. The van der Waals surface area contributed by atoms with Crippen LogP contribution in [-0.2, 0) is 22.9 Å². The summed E-state index contributed by atoms with van der Waals surface area (Å²) < 4.78 is 28.4. The maximum absolute atomic E-state index is 12.8. The molecule has 0 aliphatic rings. The van der Waals surface area contributed by atoms with Crippen LogP contribution >= 0.6 is 11.6 Å². The highest BCUT2D eigenvalue weighted by molar-refractivity contribution is 7.92. The first-order chi connectivity index (χ1) is 13.9. The van der Waals surface area contributed by atoms with Crippen LogP contribution in [-0.4, -0.2) is 8.42 Å². The van der Waals surface area contributed by atoms with E-state index in [1.165, 1.54) is 11.1 Å². The van der Waals surface area contributed by atoms with Crippen LogP contribution in [0.4, 0.5) is 5.69 Å². The fraction of sp³-hybridized carbons (Fsp3) is 0.250. The van der Waals surface area contributed by atoms with Gasteiger partial charge in [-0.3, -0.25) is 4.72 Å². The summed E-state index contributed by atoms with van der Waals surface area (Å²) in [6, 6.07) is 20.2. The molecule has 29 heavy (non-hydrogen) atoms. The quantitative estimate of drug-likeness (QED) is 0.434. The molecule has 0 spiro atoms. The van der Waals surface area contributed by atoms with E-state index < -0.39 is 10.0 Å². The van der Waals surface area contributed by atoms with Gasteiger partial charge >= 0.3 is 0 Å². The Hall–Kier alpha value is -2.30. The van der Waals surface area contributed by atoms with Crippen molar-refractivity contribution >= 4 is 27.3 Å². The molecule has 152 valence electrons. The molecule has 0 aliphatic carbocycles. The summed E-state index contributed by atoms with van der Waals surface area (Å²) in [6.07, 6.45) is 4.05. The van der Waals surface area contributed by atoms with Crippen molar-refractivity contribution in [1.82, 2.24) is 0 Å². The van der Waals surface area contributed by atoms with Crippen molar-refractivity contribution in [2.75, 3.05) is 4.72 Å². The van der Waals surface area contributed by atoms with E-state index in [1.807, 2.05) is 54.6 Å². The lowest BCUT2D eigenvalue weighted by Crippen LogP contribution is -2.13. The van der Waals surface area contributed by atoms with Gasteiger partial charge in [0.1, 0.15) is 0 Å². The predicted molar refractivity (Wildman–Crippen MR) is 122 cm³/mol. The summed E-state index contributed by atoms with van der Waals surface area (Å²) in [6.45, 7) is 4.29. The molecule has 5 heteroatoms. The second-order valence-electron chi connectivity index (χ2n) is 7.12. The number of anilines is 1. The Morgan fingerprint density at radius 1 is 0.759 bits per heavy atom. The number of hydrogen-bond donors (Lipinski definition) is 1. The van der Waals surface area contributed by atoms with Crippen molar-refractivity contribution in [3.8, 4) is 11.1 Å². The maximum Gasteiger partial charge on any atom is 0.261 e. The Morgan fingerprint density at radius 3 is 1.90 bits per heavy atom. The zero-order chi connectivity index (χ0) is 20.9. The average molecular weight is 428 g/mol. The fourth-order valence-electron chi connectivity index (χ4n) is 3.39. The predicted octanol–water partition coefficient (Wildman–Crippen LogP) is 6.71. The summed E-state index contributed by atoms with van der Waals surface area (Å²) in [5.41, 5.74) is 5.05. The molecule has 0 atom stereocenters. The SMILES string of the molecule is CCCc1ccc(NS(=O)(=O)c2ccc(-c3ccc(Cl)cc3)cc2)cc1CCC. The number of rotatable bonds is 8. The van der Waals surface area contributed by atoms with E-state index in [0.717, 1.165) is 36.8 Å². The van der Waals surface area contributed by atoms with Crippen molar-refractivity contribution in [2.24, 2.45) is 0 Å². The van der Waals surface area contributed by atoms with Crippen LogP contribution in [0.15, 0.2) is 71.6 Å². The van der Waals surface area contributed by atoms with Gasteiger partial charge in [0.05, 0.1) is 4.90 Å². The largest absolute Gasteiger partial charge is 0.280 e. The monoisotopic (exact) mass is 427 g/mol. The standard InChI is InChI=1S/C24H26ClNO2S/c1-3-5-18-9-14-23(17-21(18)6-4-2)26-29(27,28)24-15-10-20(11-16-24)19-7-12-22(25)13-8-19/h7-17,26H,3-6H2,1-2H3. The van der Waals surface area contributed by atoms with Gasteiger partial charge in [0, 0.05) is 10.7 Å². The van der Waals surface area contributed by atoms with Crippen LogP contribution in [0.3, 0.4) is 0 Å². The molecule has 3 rings (SSSR count). The fourth-order valence-corrected chi connectivity index (χ4v) is 4.56. The van der Waals surface area contributed by atoms with E-state index in [1.54, 1.807) is 12.1 Å². The second-order valence-corrected chi connectivity index (χ2v) is 9.24. The zero-order valence-corrected chi connectivity index (χ0v) is 18.4. The van der Waals surface area contributed by atoms with Gasteiger partial charge in [-0.05, 0) is 71.5 Å². The molecule has 0 radical (unpaired) electrons. The van der Waals surface area contributed by atoms with E-state index in [2.05, 4.69) is 18.6 Å². The van der Waals surface area contributed by atoms with E-state index in [0.29, 0.717) is 10.7 Å². The molecule has 0 unspecified atom stereocenters. The molecule has 3 aromatic rings. The van der Waals surface area contributed by atoms with Gasteiger partial charge in [0.2, 0.25) is 0 Å². The molecule has 3 nitrogen and oxygen atoms in total. The molecule has 0 aliphatic heterocycles. The lowest BCUT2D eigenvalue weighted by molar-refractivity contribution is 0.601. The highest BCUT2D eigenvalue weighted by atomic mass is 35.5. The van der Waals surface area contributed by atoms with Gasteiger partial charge < -0.3 is 0 Å². The maximum atomic E-state index is 12.8. The van der Waals surface area contributed by atoms with E-state index in [4.69, 9.17) is 11.6 Å². The molecular formula is C24H26ClNO2S. The Balaban J connectivity index is 1.82. The number of benzene rings is 3. The Labute approximate surface area is 178 Å². The minimum absolute atomic E-state index is 0.241. The minimum Gasteiger partial charge on any atom is -0.280 e. The van der Waals surface area contributed by atoms with Crippen LogP contribution in [0.2, 0.25) is 5.02 Å². The molecule has 0 saturated heterocycles. The summed E-state index contributed by atoms with van der Waals surface area (Å²) in [4.78, 5) is 0.241. The Bertz CT molecular complexity index is 1060. The molecule has 3 aromatic carbocycles. The number of aryl methyl sites for hydroxylation is 2. The smallest absolute Gasteiger partial charge is 0.261 e. The van der Waals surface area contributed by atoms with Crippen LogP contribution < -0.4 is 4.72 Å². The van der Waals surface area contributed by atoms with Crippen molar-refractivity contribution in [2.45, 2.75) is 44.4 Å². The van der Waals surface area contributed by atoms with E-state index in [-0.39, 0.29) is 4.90 Å². The first kappa shape index (κ1) is 21.4. The first-order valence-electron chi connectivity index (χ1n) is 9.93. The van der Waals surface area contributed by atoms with Gasteiger partial charge in [0.15, 0.2) is 0 Å². The molecular weight excluding hydrogens is 402 g/mol. The molecule has 0 aromatic heterocycles. The van der Waals surface area contributed by atoms with Gasteiger partial charge in [-0.2, -0.15) is 0 Å². The Morgan fingerprint density at radius 2 is 1.31 bits per heavy atom. The van der Waals surface area contributed by atoms with E-state index >= 15 is 0 Å². The van der Waals surface area contributed by atoms with Crippen molar-refractivity contribution < 1.29 is 8.42 Å². The van der Waals surface area contributed by atoms with Crippen LogP contribution in [0.5, 0.6) is 0 Å². The molecule has 0 amide bonds. The molecule has 0 saturated carbocycles. The number of halogens is 1. The first-order valence-corrected chi connectivity index (χ1v) is 11.8. The molecule has 0 bridgehead atoms. The van der Waals surface area contributed by atoms with Gasteiger partial charge in [0.25, 0.3) is 10.0 Å². The third-order valence-corrected chi connectivity index (χ3v) is 6.49. The van der Waals surface area contributed by atoms with Crippen LogP contribution in [0, 0.1) is 0 Å². The summed E-state index contributed by atoms with van der Waals surface area (Å²) in [7, 11) is -3.65. The highest BCUT2D eigenvalue weighted by Gasteiger charge is 2.15. The zero-order valence-electron chi connectivity index (χ0n) is 16.8. The number of sulfonamides is 1. The van der Waals surface area contributed by atoms with E-state index in [9.17, 15) is 8.42 Å². The lowest BCUT2D eigenvalue weighted by Gasteiger charge is -2.13. The molecule has 1 N–H and O–H groups in total. The molecule has 0 fully saturated rings. The van der Waals surface area contributed by atoms with Crippen molar-refractivity contribution in [3.05, 3.63) is 82.9 Å². The van der Waals surface area contributed by atoms with Crippen molar-refractivity contribution in [1.29, 1.82) is 0 Å². The lowest BCUT2D eigenvalue weighted by atomic mass is 9.99. The highest BCUT2D eigenvalue weighted by Crippen LogP contribution is 2.25. The third-order valence-electron chi connectivity index (χ3n) is 4.84. The number of hydrogen-bond acceptors (Lipinski definition) is 2. The van der Waals surface area contributed by atoms with Gasteiger partial charge in [-0.25, -0.2) is 8.42 Å². The van der Waals surface area contributed by atoms with Gasteiger partial charge in [-0.1, -0.05) is 68.6 Å². The minimum atomic E-state index is -3.65.